The van der Waals surface area contributed by atoms with Crippen LogP contribution in [0.25, 0.3) is 0 Å². The molecule has 0 spiro atoms. The van der Waals surface area contributed by atoms with Crippen LogP contribution in [0, 0.1) is 17.3 Å². The Kier molecular flexibility index (Phi) is 11.5. The van der Waals surface area contributed by atoms with E-state index in [2.05, 4.69) is 6.58 Å². The van der Waals surface area contributed by atoms with E-state index < -0.39 is 112 Å². The lowest BCUT2D eigenvalue weighted by atomic mass is 9.72. The standard InChI is InChI=1S/C32H42O14/c1-15-12-13-30(9,10)28(40)26(43-19(5)35)25(42-18(4)34)16(2)24(41-17(3)33)23-29(44-20(6)36)31(11,45-21(7)37)14-32(23,27(15)39)46-22(8)38/h12-13,15,23-26,29H,2,14H2,1,3-11H3/b13-12+/t15-,23+,24-,25?,26?,29-,31?,32?/m1/s1. The Balaban J connectivity index is 3.21. The quantitative estimate of drug-likeness (QED) is 0.231. The van der Waals surface area contributed by atoms with E-state index in [4.69, 9.17) is 28.4 Å². The zero-order valence-electron chi connectivity index (χ0n) is 27.7. The summed E-state index contributed by atoms with van der Waals surface area (Å²) in [6.45, 7) is 15.9. The molecule has 46 heavy (non-hydrogen) atoms. The molecule has 0 aliphatic heterocycles. The molecule has 0 N–H and O–H groups in total. The van der Waals surface area contributed by atoms with E-state index in [0.717, 1.165) is 41.5 Å². The van der Waals surface area contributed by atoms with Crippen molar-refractivity contribution in [1.29, 1.82) is 0 Å². The molecule has 254 valence electrons. The van der Waals surface area contributed by atoms with Gasteiger partial charge in [0.15, 0.2) is 35.0 Å². The minimum Gasteiger partial charge on any atom is -0.458 e. The Morgan fingerprint density at radius 1 is 0.674 bits per heavy atom. The molecular formula is C32H42O14. The fourth-order valence-electron chi connectivity index (χ4n) is 6.20. The second-order valence-corrected chi connectivity index (χ2v) is 12.4. The summed E-state index contributed by atoms with van der Waals surface area (Å²) < 4.78 is 33.7. The topological polar surface area (TPSA) is 192 Å². The summed E-state index contributed by atoms with van der Waals surface area (Å²) >= 11 is 0. The summed E-state index contributed by atoms with van der Waals surface area (Å²) in [6.07, 6.45) is -5.02. The normalized spacial score (nSPS) is 33.2. The van der Waals surface area contributed by atoms with Crippen LogP contribution in [0.3, 0.4) is 0 Å². The number of fused-ring (bicyclic) bond motifs is 1. The molecule has 2 aliphatic rings. The van der Waals surface area contributed by atoms with Gasteiger partial charge in [0, 0.05) is 64.9 Å². The van der Waals surface area contributed by atoms with E-state index >= 15 is 0 Å². The molecule has 8 atom stereocenters. The van der Waals surface area contributed by atoms with Gasteiger partial charge in [-0.05, 0) is 20.8 Å². The minimum atomic E-state index is -2.34. The highest BCUT2D eigenvalue weighted by Crippen LogP contribution is 2.54. The van der Waals surface area contributed by atoms with Gasteiger partial charge in [0.05, 0.1) is 5.92 Å². The van der Waals surface area contributed by atoms with Crippen molar-refractivity contribution < 1.29 is 66.8 Å². The van der Waals surface area contributed by atoms with Crippen molar-refractivity contribution in [2.24, 2.45) is 17.3 Å². The first kappa shape index (κ1) is 37.8. The molecule has 0 amide bonds. The average molecular weight is 651 g/mol. The van der Waals surface area contributed by atoms with E-state index in [1.54, 1.807) is 0 Å². The Morgan fingerprint density at radius 3 is 1.59 bits per heavy atom. The van der Waals surface area contributed by atoms with Crippen molar-refractivity contribution in [3.63, 3.8) is 0 Å². The molecule has 1 fully saturated rings. The van der Waals surface area contributed by atoms with Crippen molar-refractivity contribution in [3.05, 3.63) is 24.3 Å². The molecular weight excluding hydrogens is 608 g/mol. The molecule has 2 aliphatic carbocycles. The number of ketones is 2. The van der Waals surface area contributed by atoms with Crippen molar-refractivity contribution in [2.75, 3.05) is 0 Å². The number of esters is 6. The summed E-state index contributed by atoms with van der Waals surface area (Å²) in [5, 5.41) is 0. The largest absolute Gasteiger partial charge is 0.458 e. The third kappa shape index (κ3) is 8.07. The summed E-state index contributed by atoms with van der Waals surface area (Å²) in [6, 6.07) is 0. The van der Waals surface area contributed by atoms with Crippen LogP contribution in [0.2, 0.25) is 0 Å². The van der Waals surface area contributed by atoms with Crippen molar-refractivity contribution in [2.45, 2.75) is 111 Å². The van der Waals surface area contributed by atoms with Gasteiger partial charge in [-0.2, -0.15) is 0 Å². The molecule has 0 aromatic carbocycles. The van der Waals surface area contributed by atoms with Crippen LogP contribution in [0.5, 0.6) is 0 Å². The first-order valence-corrected chi connectivity index (χ1v) is 14.5. The molecule has 0 aromatic heterocycles. The zero-order valence-corrected chi connectivity index (χ0v) is 27.7. The summed E-state index contributed by atoms with van der Waals surface area (Å²) in [5.41, 5.74) is -6.07. The van der Waals surface area contributed by atoms with Crippen LogP contribution in [0.15, 0.2) is 24.3 Å². The molecule has 1 saturated carbocycles. The molecule has 0 aromatic rings. The Hall–Kier alpha value is -4.36. The molecule has 0 heterocycles. The average Bonchev–Trinajstić information content (AvgIpc) is 3.11. The third-order valence-electron chi connectivity index (χ3n) is 7.81. The van der Waals surface area contributed by atoms with Crippen molar-refractivity contribution in [1.82, 2.24) is 0 Å². The van der Waals surface area contributed by atoms with E-state index in [1.807, 2.05) is 0 Å². The number of ether oxygens (including phenoxy) is 6. The number of rotatable bonds is 6. The molecule has 14 nitrogen and oxygen atoms in total. The van der Waals surface area contributed by atoms with Crippen molar-refractivity contribution >= 4 is 47.4 Å². The number of carbonyl (C=O) groups excluding carboxylic acids is 8. The predicted molar refractivity (Wildman–Crippen MR) is 156 cm³/mol. The number of carbonyl (C=O) groups is 8. The van der Waals surface area contributed by atoms with Gasteiger partial charge in [0.25, 0.3) is 0 Å². The van der Waals surface area contributed by atoms with E-state index in [1.165, 1.54) is 39.8 Å². The zero-order chi connectivity index (χ0) is 35.5. The van der Waals surface area contributed by atoms with E-state index in [-0.39, 0.29) is 0 Å². The summed E-state index contributed by atoms with van der Waals surface area (Å²) in [7, 11) is 0. The van der Waals surface area contributed by atoms with Gasteiger partial charge in [-0.25, -0.2) is 0 Å². The fraction of sp³-hybridized carbons (Fsp3) is 0.625. The lowest BCUT2D eigenvalue weighted by Gasteiger charge is -2.42. The first-order chi connectivity index (χ1) is 21.0. The molecule has 4 unspecified atom stereocenters. The van der Waals surface area contributed by atoms with Gasteiger partial charge in [-0.3, -0.25) is 38.4 Å². The summed E-state index contributed by atoms with van der Waals surface area (Å²) in [4.78, 5) is 104. The van der Waals surface area contributed by atoms with Gasteiger partial charge in [0.1, 0.15) is 6.10 Å². The van der Waals surface area contributed by atoms with Crippen LogP contribution in [-0.4, -0.2) is 83.0 Å². The predicted octanol–water partition coefficient (Wildman–Crippen LogP) is 2.28. The SMILES string of the molecule is C=C1C(OC(C)=O)C(OC(C)=O)C(=O)C(C)(C)/C=C/[C@@H](C)C(=O)C2(OC(C)=O)CC(C)(OC(C)=O)[C@H](OC(C)=O)[C@@H]2[C@@H]1OC(C)=O. The lowest BCUT2D eigenvalue weighted by molar-refractivity contribution is -0.191. The second-order valence-electron chi connectivity index (χ2n) is 12.4. The molecule has 0 radical (unpaired) electrons. The Morgan fingerprint density at radius 2 is 1.13 bits per heavy atom. The number of hydrogen-bond acceptors (Lipinski definition) is 14. The highest BCUT2D eigenvalue weighted by molar-refractivity contribution is 5.95. The van der Waals surface area contributed by atoms with Crippen LogP contribution < -0.4 is 0 Å². The van der Waals surface area contributed by atoms with Crippen LogP contribution >= 0.6 is 0 Å². The maximum atomic E-state index is 14.6. The number of allylic oxidation sites excluding steroid dienone is 2. The van der Waals surface area contributed by atoms with Crippen LogP contribution in [-0.2, 0) is 66.8 Å². The van der Waals surface area contributed by atoms with Crippen molar-refractivity contribution in [3.8, 4) is 0 Å². The van der Waals surface area contributed by atoms with Gasteiger partial charge in [0.2, 0.25) is 6.10 Å². The minimum absolute atomic E-state index is 0.392. The molecule has 0 bridgehead atoms. The van der Waals surface area contributed by atoms with E-state index in [0.29, 0.717) is 0 Å². The van der Waals surface area contributed by atoms with Crippen LogP contribution in [0.4, 0.5) is 0 Å². The fourth-order valence-corrected chi connectivity index (χ4v) is 6.20. The number of hydrogen-bond donors (Lipinski definition) is 0. The maximum absolute atomic E-state index is 14.6. The monoisotopic (exact) mass is 650 g/mol. The Labute approximate surface area is 267 Å². The van der Waals surface area contributed by atoms with Gasteiger partial charge < -0.3 is 28.4 Å². The lowest BCUT2D eigenvalue weighted by Crippen LogP contribution is -2.58. The van der Waals surface area contributed by atoms with Gasteiger partial charge in [-0.1, -0.05) is 25.7 Å². The van der Waals surface area contributed by atoms with Gasteiger partial charge >= 0.3 is 35.8 Å². The highest BCUT2D eigenvalue weighted by atomic mass is 16.6. The van der Waals surface area contributed by atoms with E-state index in [9.17, 15) is 38.4 Å². The van der Waals surface area contributed by atoms with Crippen LogP contribution in [0.1, 0.15) is 75.7 Å². The first-order valence-electron chi connectivity index (χ1n) is 14.5. The third-order valence-corrected chi connectivity index (χ3v) is 7.81. The van der Waals surface area contributed by atoms with Gasteiger partial charge in [-0.15, -0.1) is 0 Å². The molecule has 14 heteroatoms. The molecule has 0 saturated heterocycles. The summed E-state index contributed by atoms with van der Waals surface area (Å²) in [5.74, 6) is -9.97. The number of Topliss-reactive ketones (excluding diaryl/α,β-unsaturated/α-hetero) is 2. The Bertz CT molecular complexity index is 1360. The molecule has 2 rings (SSSR count). The second kappa shape index (κ2) is 14.0. The highest BCUT2D eigenvalue weighted by Gasteiger charge is 2.72. The maximum Gasteiger partial charge on any atom is 0.303 e. The smallest absolute Gasteiger partial charge is 0.303 e.